The van der Waals surface area contributed by atoms with E-state index in [0.29, 0.717) is 18.2 Å². The maximum atomic E-state index is 12.4. The number of likely N-dealkylation sites (N-methyl/N-ethyl adjacent to an activating group) is 1. The molecular weight excluding hydrogens is 414 g/mol. The monoisotopic (exact) mass is 447 g/mol. The standard InChI is InChI=1S/C26H33N5O2/c1-19-5-8-23(26-29-28-20(2)33-26)18-24(19)22-9-6-21(7-10-22)17-25(32)27-11-4-12-31-15-13-30(3)14-16-31/h5-10,18H,4,11-17H2,1-3H3,(H,27,32). The molecule has 7 heteroatoms. The van der Waals surface area contributed by atoms with E-state index in [4.69, 9.17) is 4.42 Å². The molecular formula is C26H33N5O2. The van der Waals surface area contributed by atoms with Crippen molar-refractivity contribution in [3.8, 4) is 22.6 Å². The van der Waals surface area contributed by atoms with Crippen molar-refractivity contribution in [3.63, 3.8) is 0 Å². The zero-order valence-corrected chi connectivity index (χ0v) is 19.8. The fourth-order valence-corrected chi connectivity index (χ4v) is 4.13. The molecule has 1 fully saturated rings. The molecule has 1 aromatic heterocycles. The first kappa shape index (κ1) is 23.1. The Morgan fingerprint density at radius 1 is 1.00 bits per heavy atom. The molecule has 1 saturated heterocycles. The summed E-state index contributed by atoms with van der Waals surface area (Å²) >= 11 is 0. The summed E-state index contributed by atoms with van der Waals surface area (Å²) in [4.78, 5) is 17.2. The second-order valence-corrected chi connectivity index (χ2v) is 8.88. The van der Waals surface area contributed by atoms with Gasteiger partial charge in [-0.2, -0.15) is 0 Å². The van der Waals surface area contributed by atoms with Crippen molar-refractivity contribution in [1.29, 1.82) is 0 Å². The molecule has 1 N–H and O–H groups in total. The van der Waals surface area contributed by atoms with Crippen LogP contribution >= 0.6 is 0 Å². The van der Waals surface area contributed by atoms with Crippen molar-refractivity contribution in [2.45, 2.75) is 26.7 Å². The molecule has 1 aliphatic heterocycles. The molecule has 2 aromatic carbocycles. The highest BCUT2D eigenvalue weighted by molar-refractivity contribution is 5.79. The summed E-state index contributed by atoms with van der Waals surface area (Å²) in [5.41, 5.74) is 5.29. The van der Waals surface area contributed by atoms with E-state index < -0.39 is 0 Å². The third-order valence-corrected chi connectivity index (χ3v) is 6.21. The predicted molar refractivity (Wildman–Crippen MR) is 130 cm³/mol. The van der Waals surface area contributed by atoms with Gasteiger partial charge in [-0.3, -0.25) is 4.79 Å². The normalized spacial score (nSPS) is 15.0. The van der Waals surface area contributed by atoms with Crippen LogP contribution in [0, 0.1) is 13.8 Å². The number of carbonyl (C=O) groups excluding carboxylic acids is 1. The van der Waals surface area contributed by atoms with Crippen LogP contribution in [0.3, 0.4) is 0 Å². The Hall–Kier alpha value is -3.03. The molecule has 3 aromatic rings. The third-order valence-electron chi connectivity index (χ3n) is 6.21. The van der Waals surface area contributed by atoms with Gasteiger partial charge in [-0.15, -0.1) is 10.2 Å². The van der Waals surface area contributed by atoms with Gasteiger partial charge in [0.05, 0.1) is 6.42 Å². The SMILES string of the molecule is Cc1nnc(-c2ccc(C)c(-c3ccc(CC(=O)NCCCN4CCN(C)CC4)cc3)c2)o1. The van der Waals surface area contributed by atoms with Gasteiger partial charge in [-0.1, -0.05) is 30.3 Å². The maximum absolute atomic E-state index is 12.4. The van der Waals surface area contributed by atoms with Crippen molar-refractivity contribution in [2.75, 3.05) is 46.3 Å². The van der Waals surface area contributed by atoms with Crippen LogP contribution in [0.1, 0.15) is 23.4 Å². The molecule has 0 bridgehead atoms. The first-order valence-electron chi connectivity index (χ1n) is 11.7. The minimum absolute atomic E-state index is 0.0751. The van der Waals surface area contributed by atoms with Crippen molar-refractivity contribution >= 4 is 5.91 Å². The molecule has 33 heavy (non-hydrogen) atoms. The van der Waals surface area contributed by atoms with E-state index in [1.165, 1.54) is 5.56 Å². The highest BCUT2D eigenvalue weighted by atomic mass is 16.4. The lowest BCUT2D eigenvalue weighted by molar-refractivity contribution is -0.120. The number of carbonyl (C=O) groups is 1. The lowest BCUT2D eigenvalue weighted by Gasteiger charge is -2.32. The Balaban J connectivity index is 1.29. The van der Waals surface area contributed by atoms with Gasteiger partial charge < -0.3 is 19.5 Å². The number of benzene rings is 2. The van der Waals surface area contributed by atoms with Gasteiger partial charge in [0.25, 0.3) is 0 Å². The maximum Gasteiger partial charge on any atom is 0.247 e. The molecule has 2 heterocycles. The van der Waals surface area contributed by atoms with Crippen molar-refractivity contribution in [2.24, 2.45) is 0 Å². The van der Waals surface area contributed by atoms with Gasteiger partial charge in [0, 0.05) is 45.2 Å². The molecule has 174 valence electrons. The average molecular weight is 448 g/mol. The van der Waals surface area contributed by atoms with Gasteiger partial charge >= 0.3 is 0 Å². The van der Waals surface area contributed by atoms with Crippen LogP contribution in [0.2, 0.25) is 0 Å². The first-order chi connectivity index (χ1) is 16.0. The highest BCUT2D eigenvalue weighted by Crippen LogP contribution is 2.29. The van der Waals surface area contributed by atoms with E-state index >= 15 is 0 Å². The van der Waals surface area contributed by atoms with Gasteiger partial charge in [0.15, 0.2) is 0 Å². The summed E-state index contributed by atoms with van der Waals surface area (Å²) in [6.45, 7) is 10.1. The zero-order chi connectivity index (χ0) is 23.2. The van der Waals surface area contributed by atoms with Crippen molar-refractivity contribution in [1.82, 2.24) is 25.3 Å². The number of hydrogen-bond donors (Lipinski definition) is 1. The molecule has 1 aliphatic rings. The summed E-state index contributed by atoms with van der Waals surface area (Å²) in [7, 11) is 2.17. The van der Waals surface area contributed by atoms with Crippen LogP contribution in [-0.4, -0.2) is 72.2 Å². The second-order valence-electron chi connectivity index (χ2n) is 8.88. The van der Waals surface area contributed by atoms with Crippen LogP contribution in [0.15, 0.2) is 46.9 Å². The van der Waals surface area contributed by atoms with E-state index in [-0.39, 0.29) is 5.91 Å². The van der Waals surface area contributed by atoms with Gasteiger partial charge in [0.1, 0.15) is 0 Å². The van der Waals surface area contributed by atoms with Crippen LogP contribution in [0.4, 0.5) is 0 Å². The zero-order valence-electron chi connectivity index (χ0n) is 19.8. The Morgan fingerprint density at radius 3 is 2.42 bits per heavy atom. The molecule has 7 nitrogen and oxygen atoms in total. The van der Waals surface area contributed by atoms with Crippen LogP contribution in [-0.2, 0) is 11.2 Å². The Kier molecular flexibility index (Phi) is 7.52. The quantitative estimate of drug-likeness (QED) is 0.534. The lowest BCUT2D eigenvalue weighted by Crippen LogP contribution is -2.45. The number of amides is 1. The molecule has 0 atom stereocenters. The summed E-state index contributed by atoms with van der Waals surface area (Å²) in [5, 5.41) is 11.1. The lowest BCUT2D eigenvalue weighted by atomic mass is 9.96. The van der Waals surface area contributed by atoms with E-state index in [9.17, 15) is 4.79 Å². The van der Waals surface area contributed by atoms with Crippen LogP contribution in [0.25, 0.3) is 22.6 Å². The number of aryl methyl sites for hydroxylation is 2. The average Bonchev–Trinajstić information content (AvgIpc) is 3.25. The van der Waals surface area contributed by atoms with Gasteiger partial charge in [-0.25, -0.2) is 0 Å². The first-order valence-corrected chi connectivity index (χ1v) is 11.7. The summed E-state index contributed by atoms with van der Waals surface area (Å²) in [5.74, 6) is 1.15. The predicted octanol–water partition coefficient (Wildman–Crippen LogP) is 3.32. The molecule has 0 saturated carbocycles. The fourth-order valence-electron chi connectivity index (χ4n) is 4.13. The Bertz CT molecular complexity index is 1070. The number of aromatic nitrogens is 2. The number of piperazine rings is 1. The van der Waals surface area contributed by atoms with E-state index in [1.807, 2.05) is 18.2 Å². The molecule has 0 unspecified atom stereocenters. The second kappa shape index (κ2) is 10.7. The molecule has 0 spiro atoms. The molecule has 0 aliphatic carbocycles. The van der Waals surface area contributed by atoms with Crippen molar-refractivity contribution < 1.29 is 9.21 Å². The van der Waals surface area contributed by atoms with E-state index in [0.717, 1.165) is 67.9 Å². The Labute approximate surface area is 195 Å². The topological polar surface area (TPSA) is 74.5 Å². The molecule has 1 amide bonds. The number of hydrogen-bond acceptors (Lipinski definition) is 6. The molecule has 4 rings (SSSR count). The van der Waals surface area contributed by atoms with Gasteiger partial charge in [0.2, 0.25) is 17.7 Å². The van der Waals surface area contributed by atoms with Crippen LogP contribution < -0.4 is 5.32 Å². The number of nitrogens with one attached hydrogen (secondary N) is 1. The minimum atomic E-state index is 0.0751. The van der Waals surface area contributed by atoms with Gasteiger partial charge in [-0.05, 0) is 61.3 Å². The van der Waals surface area contributed by atoms with E-state index in [2.05, 4.69) is 63.6 Å². The summed E-state index contributed by atoms with van der Waals surface area (Å²) in [6.07, 6.45) is 1.39. The number of nitrogens with zero attached hydrogens (tertiary/aromatic N) is 4. The highest BCUT2D eigenvalue weighted by Gasteiger charge is 2.13. The van der Waals surface area contributed by atoms with Crippen LogP contribution in [0.5, 0.6) is 0 Å². The fraction of sp³-hybridized carbons (Fsp3) is 0.423. The largest absolute Gasteiger partial charge is 0.421 e. The summed E-state index contributed by atoms with van der Waals surface area (Å²) in [6, 6.07) is 14.3. The van der Waals surface area contributed by atoms with Crippen molar-refractivity contribution in [3.05, 3.63) is 59.5 Å². The summed E-state index contributed by atoms with van der Waals surface area (Å²) < 4.78 is 5.57. The van der Waals surface area contributed by atoms with E-state index in [1.54, 1.807) is 6.92 Å². The minimum Gasteiger partial charge on any atom is -0.421 e. The Morgan fingerprint density at radius 2 is 1.73 bits per heavy atom. The molecule has 0 radical (unpaired) electrons. The third kappa shape index (κ3) is 6.27. The smallest absolute Gasteiger partial charge is 0.247 e. The number of rotatable bonds is 8.